The highest BCUT2D eigenvalue weighted by molar-refractivity contribution is 5.94. The van der Waals surface area contributed by atoms with Crippen LogP contribution in [0.15, 0.2) is 24.3 Å². The van der Waals surface area contributed by atoms with E-state index < -0.39 is 5.60 Å². The number of rotatable bonds is 1. The number of ether oxygens (including phenoxy) is 2. The number of carbonyl (C=O) groups is 1. The number of nitrogens with zero attached hydrogens (tertiary/aromatic N) is 2. The first-order valence-corrected chi connectivity index (χ1v) is 10.6. The molecule has 150 valence electrons. The zero-order chi connectivity index (χ0) is 19.6. The summed E-state index contributed by atoms with van der Waals surface area (Å²) in [6, 6.07) is 8.91. The van der Waals surface area contributed by atoms with E-state index in [1.807, 2.05) is 37.5 Å². The van der Waals surface area contributed by atoms with Gasteiger partial charge in [-0.3, -0.25) is 4.90 Å². The van der Waals surface area contributed by atoms with Crippen LogP contribution < -0.4 is 0 Å². The fourth-order valence-corrected chi connectivity index (χ4v) is 5.54. The summed E-state index contributed by atoms with van der Waals surface area (Å²) in [6.07, 6.45) is 4.22. The van der Waals surface area contributed by atoms with Crippen LogP contribution in [0.4, 0.5) is 4.79 Å². The maximum absolute atomic E-state index is 13.3. The molecule has 5 nitrogen and oxygen atoms in total. The number of hydrogen-bond acceptors (Lipinski definition) is 4. The third-order valence-corrected chi connectivity index (χ3v) is 6.62. The van der Waals surface area contributed by atoms with Crippen LogP contribution in [0.25, 0.3) is 10.9 Å². The number of hydrogen-bond donors (Lipinski definition) is 0. The molecule has 1 aromatic carbocycles. The van der Waals surface area contributed by atoms with E-state index in [1.54, 1.807) is 0 Å². The van der Waals surface area contributed by atoms with Crippen LogP contribution in [0.5, 0.6) is 0 Å². The summed E-state index contributed by atoms with van der Waals surface area (Å²) in [6.45, 7) is 8.83. The third-order valence-electron chi connectivity index (χ3n) is 6.62. The van der Waals surface area contributed by atoms with E-state index >= 15 is 0 Å². The Morgan fingerprint density at radius 3 is 2.79 bits per heavy atom. The standard InChI is InChI=1S/C23H30N2O3/c1-5-14-10-11-19-20-17(12-15-13-27-21(14)24(15)19)16-8-6-7-9-18(16)25(20)22(26)28-23(2,3)4/h6-9,14-15,19,21H,5,10-13H2,1-4H3/t14-,15+,19+,21+/m1/s1. The van der Waals surface area contributed by atoms with Crippen molar-refractivity contribution < 1.29 is 14.3 Å². The molecule has 4 atom stereocenters. The molecule has 3 aliphatic heterocycles. The summed E-state index contributed by atoms with van der Waals surface area (Å²) in [5.41, 5.74) is 2.90. The van der Waals surface area contributed by atoms with E-state index in [2.05, 4.69) is 24.0 Å². The van der Waals surface area contributed by atoms with Crippen molar-refractivity contribution in [2.75, 3.05) is 6.61 Å². The maximum Gasteiger partial charge on any atom is 0.419 e. The second-order valence-electron chi connectivity index (χ2n) is 9.49. The van der Waals surface area contributed by atoms with Crippen LogP contribution in [0, 0.1) is 5.92 Å². The predicted molar refractivity (Wildman–Crippen MR) is 108 cm³/mol. The first-order chi connectivity index (χ1) is 13.4. The second-order valence-corrected chi connectivity index (χ2v) is 9.49. The molecule has 0 saturated carbocycles. The normalized spacial score (nSPS) is 29.6. The van der Waals surface area contributed by atoms with Crippen molar-refractivity contribution in [3.05, 3.63) is 35.5 Å². The quantitative estimate of drug-likeness (QED) is 0.706. The molecule has 1 aromatic heterocycles. The molecule has 3 aliphatic rings. The highest BCUT2D eigenvalue weighted by atomic mass is 16.6. The molecule has 28 heavy (non-hydrogen) atoms. The second kappa shape index (κ2) is 6.33. The molecule has 0 unspecified atom stereocenters. The summed E-state index contributed by atoms with van der Waals surface area (Å²) < 4.78 is 13.9. The molecule has 0 amide bonds. The summed E-state index contributed by atoms with van der Waals surface area (Å²) in [5, 5.41) is 1.18. The number of carbonyl (C=O) groups excluding carboxylic acids is 1. The van der Waals surface area contributed by atoms with E-state index in [1.165, 1.54) is 10.9 Å². The minimum absolute atomic E-state index is 0.187. The molecular formula is C23H30N2O3. The van der Waals surface area contributed by atoms with Crippen LogP contribution in [-0.4, -0.2) is 40.0 Å². The lowest BCUT2D eigenvalue weighted by atomic mass is 9.82. The van der Waals surface area contributed by atoms with Crippen molar-refractivity contribution >= 4 is 17.0 Å². The molecule has 5 rings (SSSR count). The first-order valence-electron chi connectivity index (χ1n) is 10.6. The van der Waals surface area contributed by atoms with Gasteiger partial charge in [-0.05, 0) is 64.0 Å². The van der Waals surface area contributed by atoms with Gasteiger partial charge in [0.2, 0.25) is 0 Å². The van der Waals surface area contributed by atoms with Gasteiger partial charge in [0.1, 0.15) is 11.8 Å². The molecule has 0 bridgehead atoms. The van der Waals surface area contributed by atoms with E-state index in [0.29, 0.717) is 12.0 Å². The van der Waals surface area contributed by atoms with Gasteiger partial charge in [-0.2, -0.15) is 0 Å². The lowest BCUT2D eigenvalue weighted by molar-refractivity contribution is -0.0738. The molecule has 5 heteroatoms. The highest BCUT2D eigenvalue weighted by Gasteiger charge is 2.51. The number of piperidine rings is 1. The summed E-state index contributed by atoms with van der Waals surface area (Å²) in [7, 11) is 0. The predicted octanol–water partition coefficient (Wildman–Crippen LogP) is 4.87. The molecule has 2 saturated heterocycles. The molecule has 4 heterocycles. The van der Waals surface area contributed by atoms with Crippen molar-refractivity contribution in [3.63, 3.8) is 0 Å². The van der Waals surface area contributed by atoms with Crippen molar-refractivity contribution in [2.24, 2.45) is 5.92 Å². The third kappa shape index (κ3) is 2.63. The van der Waals surface area contributed by atoms with Gasteiger partial charge < -0.3 is 9.47 Å². The van der Waals surface area contributed by atoms with Crippen molar-refractivity contribution in [2.45, 2.75) is 77.3 Å². The molecule has 0 N–H and O–H groups in total. The maximum atomic E-state index is 13.3. The first kappa shape index (κ1) is 18.2. The fraction of sp³-hybridized carbons (Fsp3) is 0.609. The molecule has 2 aromatic rings. The van der Waals surface area contributed by atoms with Gasteiger partial charge in [0, 0.05) is 11.4 Å². The van der Waals surface area contributed by atoms with E-state index in [0.717, 1.165) is 43.5 Å². The zero-order valence-corrected chi connectivity index (χ0v) is 17.3. The molecule has 0 spiro atoms. The van der Waals surface area contributed by atoms with Gasteiger partial charge in [0.25, 0.3) is 0 Å². The van der Waals surface area contributed by atoms with E-state index in [-0.39, 0.29) is 18.4 Å². The lowest BCUT2D eigenvalue weighted by Crippen LogP contribution is -2.51. The van der Waals surface area contributed by atoms with Gasteiger partial charge in [-0.1, -0.05) is 25.1 Å². The van der Waals surface area contributed by atoms with Crippen LogP contribution >= 0.6 is 0 Å². The summed E-state index contributed by atoms with van der Waals surface area (Å²) >= 11 is 0. The largest absolute Gasteiger partial charge is 0.443 e. The van der Waals surface area contributed by atoms with Crippen LogP contribution in [0.3, 0.4) is 0 Å². The average Bonchev–Trinajstić information content (AvgIpc) is 3.21. The topological polar surface area (TPSA) is 43.7 Å². The SMILES string of the molecule is CC[C@@H]1CC[C@H]2c3c(c4ccccc4n3C(=O)OC(C)(C)C)C[C@H]3CO[C@@H]1N32. The Bertz CT molecular complexity index is 926. The van der Waals surface area contributed by atoms with Gasteiger partial charge in [-0.15, -0.1) is 0 Å². The Morgan fingerprint density at radius 1 is 1.25 bits per heavy atom. The Hall–Kier alpha value is -1.85. The van der Waals surface area contributed by atoms with Gasteiger partial charge in [0.15, 0.2) is 0 Å². The van der Waals surface area contributed by atoms with Crippen LogP contribution in [0.1, 0.15) is 64.3 Å². The minimum atomic E-state index is -0.522. The van der Waals surface area contributed by atoms with Gasteiger partial charge in [0.05, 0.1) is 23.9 Å². The molecule has 0 aliphatic carbocycles. The van der Waals surface area contributed by atoms with Gasteiger partial charge >= 0.3 is 6.09 Å². The lowest BCUT2D eigenvalue weighted by Gasteiger charge is -2.46. The van der Waals surface area contributed by atoms with Crippen molar-refractivity contribution in [1.29, 1.82) is 0 Å². The summed E-state index contributed by atoms with van der Waals surface area (Å²) in [5.74, 6) is 0.585. The summed E-state index contributed by atoms with van der Waals surface area (Å²) in [4.78, 5) is 15.8. The average molecular weight is 383 g/mol. The molecule has 0 radical (unpaired) electrons. The number of fused-ring (bicyclic) bond motifs is 4. The highest BCUT2D eigenvalue weighted by Crippen LogP contribution is 2.50. The molecular weight excluding hydrogens is 352 g/mol. The fourth-order valence-electron chi connectivity index (χ4n) is 5.54. The zero-order valence-electron chi connectivity index (χ0n) is 17.3. The van der Waals surface area contributed by atoms with E-state index in [4.69, 9.17) is 9.47 Å². The monoisotopic (exact) mass is 382 g/mol. The Morgan fingerprint density at radius 2 is 2.04 bits per heavy atom. The van der Waals surface area contributed by atoms with Gasteiger partial charge in [-0.25, -0.2) is 9.36 Å². The number of aromatic nitrogens is 1. The van der Waals surface area contributed by atoms with Crippen molar-refractivity contribution in [1.82, 2.24) is 9.47 Å². The molecule has 2 fully saturated rings. The minimum Gasteiger partial charge on any atom is -0.443 e. The van der Waals surface area contributed by atoms with E-state index in [9.17, 15) is 4.79 Å². The Labute approximate surface area is 166 Å². The van der Waals surface area contributed by atoms with Crippen molar-refractivity contribution in [3.8, 4) is 0 Å². The Kier molecular flexibility index (Phi) is 4.11. The number of para-hydroxylation sites is 1. The Balaban J connectivity index is 1.68. The van der Waals surface area contributed by atoms with Crippen LogP contribution in [-0.2, 0) is 15.9 Å². The number of benzene rings is 1. The van der Waals surface area contributed by atoms with Crippen LogP contribution in [0.2, 0.25) is 0 Å². The smallest absolute Gasteiger partial charge is 0.419 e.